The first-order valence-corrected chi connectivity index (χ1v) is 16.9. The molecule has 2 unspecified atom stereocenters. The second-order valence-corrected chi connectivity index (χ2v) is 14.3. The molecule has 0 spiro atoms. The fraction of sp³-hybridized carbons (Fsp3) is 0.500. The molecular weight excluding hydrogens is 651 g/mol. The summed E-state index contributed by atoms with van der Waals surface area (Å²) >= 11 is 5.14. The Labute approximate surface area is 251 Å². The molecule has 0 aliphatic carbocycles. The largest absolute Gasteiger partial charge is 0.444 e. The highest BCUT2D eigenvalue weighted by Crippen LogP contribution is 2.54. The Kier molecular flexibility index (Phi) is 7.43. The van der Waals surface area contributed by atoms with E-state index in [1.165, 1.54) is 21.8 Å². The van der Waals surface area contributed by atoms with Gasteiger partial charge in [0.25, 0.3) is 0 Å². The molecule has 0 amide bonds. The van der Waals surface area contributed by atoms with Crippen LogP contribution in [0.15, 0.2) is 25.3 Å². The van der Waals surface area contributed by atoms with E-state index in [1.54, 1.807) is 0 Å². The molecule has 5 N–H and O–H groups in total. The molecule has 0 saturated carbocycles. The molecule has 3 saturated heterocycles. The van der Waals surface area contributed by atoms with Gasteiger partial charge in [-0.1, -0.05) is 0 Å². The summed E-state index contributed by atoms with van der Waals surface area (Å²) in [5.41, 5.74) is 12.3. The van der Waals surface area contributed by atoms with Crippen molar-refractivity contribution in [1.82, 2.24) is 39.0 Å². The minimum atomic E-state index is -4.57. The first kappa shape index (κ1) is 29.9. The summed E-state index contributed by atoms with van der Waals surface area (Å²) in [6, 6.07) is 0. The second kappa shape index (κ2) is 10.9. The van der Waals surface area contributed by atoms with Gasteiger partial charge in [0, 0.05) is 0 Å². The molecule has 4 aromatic rings. The van der Waals surface area contributed by atoms with Gasteiger partial charge in [-0.15, -0.1) is 0 Å². The van der Waals surface area contributed by atoms with Crippen LogP contribution in [0.5, 0.6) is 0 Å². The maximum absolute atomic E-state index is 16.0. The number of nitrogen functional groups attached to an aromatic ring is 2. The number of alkyl halides is 2. The van der Waals surface area contributed by atoms with Gasteiger partial charge in [0.1, 0.15) is 48.1 Å². The Bertz CT molecular complexity index is 1710. The van der Waals surface area contributed by atoms with Crippen molar-refractivity contribution < 1.29 is 45.8 Å². The highest BCUT2D eigenvalue weighted by Gasteiger charge is 2.52. The predicted octanol–water partition coefficient (Wildman–Crippen LogP) is 0.612. The lowest BCUT2D eigenvalue weighted by Crippen LogP contribution is -2.37. The van der Waals surface area contributed by atoms with E-state index >= 15 is 8.78 Å². The molecule has 3 radical (unpaired) electrons. The lowest BCUT2D eigenvalue weighted by Gasteiger charge is -2.34. The number of hydrogen-bond donors (Lipinski definition) is 3. The third-order valence-corrected chi connectivity index (χ3v) is 9.81. The van der Waals surface area contributed by atoms with Crippen LogP contribution in [-0.4, -0.2) is 101 Å². The molecule has 0 bridgehead atoms. The number of hydrogen-bond acceptors (Lipinski definition) is 16. The zero-order valence-electron chi connectivity index (χ0n) is 22.0. The summed E-state index contributed by atoms with van der Waals surface area (Å²) in [6.07, 6.45) is -8.19. The maximum Gasteiger partial charge on any atom is 0.325 e. The minimum Gasteiger partial charge on any atom is -0.444 e. The third-order valence-electron chi connectivity index (χ3n) is 7.20. The highest BCUT2D eigenvalue weighted by atomic mass is 32.5. The number of aromatic nitrogens is 8. The van der Waals surface area contributed by atoms with Gasteiger partial charge >= 0.3 is 6.72 Å². The number of nitrogens with zero attached hydrogens (tertiary/aromatic N) is 8. The van der Waals surface area contributed by atoms with Crippen LogP contribution in [-0.2, 0) is 43.9 Å². The smallest absolute Gasteiger partial charge is 0.325 e. The van der Waals surface area contributed by atoms with Crippen molar-refractivity contribution in [2.75, 3.05) is 24.7 Å². The van der Waals surface area contributed by atoms with Gasteiger partial charge in [-0.3, -0.25) is 13.7 Å². The zero-order chi connectivity index (χ0) is 31.0. The Balaban J connectivity index is 1.17. The standard InChI is InChI=1S/C20H21BF2N10O8P2S/c21-42(34)36-1-7-14(10(23)20(38-7)33-6-31-12-16(25)27-4-29-18(12)33)41-43(35,44)37-2-8-13(40-42)9(22)19(39-8)32-5-30-11-15(24)26-3-28-17(11)32/h3-10,13-14,19-20H,1-2H2,(H,35,44)(H2,24,26,28)(H2,25,27,29)/q-1/t7-,8-,9-,10-,13-,14-,19-,20-,42?,43?/m1/s1. The molecule has 7 rings (SSSR count). The molecule has 0 aromatic carbocycles. The van der Waals surface area contributed by atoms with Crippen molar-refractivity contribution in [2.24, 2.45) is 0 Å². The second-order valence-electron chi connectivity index (χ2n) is 9.92. The Morgan fingerprint density at radius 2 is 1.32 bits per heavy atom. The van der Waals surface area contributed by atoms with E-state index in [0.717, 1.165) is 12.7 Å². The summed E-state index contributed by atoms with van der Waals surface area (Å²) < 4.78 is 81.0. The van der Waals surface area contributed by atoms with Gasteiger partial charge in [-0.25, -0.2) is 38.7 Å². The van der Waals surface area contributed by atoms with E-state index in [2.05, 4.69) is 29.9 Å². The van der Waals surface area contributed by atoms with E-state index < -0.39 is 76.6 Å². The number of halogens is 2. The van der Waals surface area contributed by atoms with Crippen LogP contribution in [0.3, 0.4) is 0 Å². The quantitative estimate of drug-likeness (QED) is 0.196. The molecule has 3 aliphatic heterocycles. The molecule has 44 heavy (non-hydrogen) atoms. The third kappa shape index (κ3) is 5.18. The number of anilines is 2. The summed E-state index contributed by atoms with van der Waals surface area (Å²) in [6.45, 7) is -5.58. The van der Waals surface area contributed by atoms with E-state index in [4.69, 9.17) is 58.4 Å². The molecule has 24 heteroatoms. The molecular formula is C20H21BF2N10O8P2S-. The van der Waals surface area contributed by atoms with Crippen molar-refractivity contribution in [3.8, 4) is 0 Å². The van der Waals surface area contributed by atoms with E-state index in [9.17, 15) is 9.46 Å². The summed E-state index contributed by atoms with van der Waals surface area (Å²) in [5.74, 6) is 0.0968. The molecule has 10 atom stereocenters. The average Bonchev–Trinajstić information content (AvgIpc) is 3.73. The normalized spacial score (nSPS) is 38.3. The molecule has 3 aliphatic rings. The summed E-state index contributed by atoms with van der Waals surface area (Å²) in [5, 5.41) is 0. The van der Waals surface area contributed by atoms with Crippen molar-refractivity contribution in [1.29, 1.82) is 0 Å². The highest BCUT2D eigenvalue weighted by molar-refractivity contribution is 8.07. The van der Waals surface area contributed by atoms with Gasteiger partial charge in [0.05, 0.1) is 33.3 Å². The monoisotopic (exact) mass is 672 g/mol. The van der Waals surface area contributed by atoms with Crippen LogP contribution in [0.1, 0.15) is 12.5 Å². The van der Waals surface area contributed by atoms with Crippen molar-refractivity contribution in [3.63, 3.8) is 0 Å². The number of ether oxygens (including phenoxy) is 2. The van der Waals surface area contributed by atoms with Crippen LogP contribution < -0.4 is 11.5 Å². The number of imidazole rings is 2. The van der Waals surface area contributed by atoms with Crippen LogP contribution in [0.25, 0.3) is 22.3 Å². The van der Waals surface area contributed by atoms with E-state index in [1.807, 2.05) is 0 Å². The number of fused-ring (bicyclic) bond motifs is 4. The van der Waals surface area contributed by atoms with E-state index in [-0.39, 0.29) is 34.0 Å². The first-order valence-electron chi connectivity index (χ1n) is 12.7. The fourth-order valence-corrected chi connectivity index (χ4v) is 7.64. The summed E-state index contributed by atoms with van der Waals surface area (Å²) in [7, 11) is 1.26. The van der Waals surface area contributed by atoms with Crippen molar-refractivity contribution >= 4 is 67.5 Å². The van der Waals surface area contributed by atoms with Crippen LogP contribution in [0.4, 0.5) is 20.4 Å². The molecule has 233 valence electrons. The van der Waals surface area contributed by atoms with Gasteiger partial charge < -0.3 is 51.5 Å². The lowest BCUT2D eigenvalue weighted by molar-refractivity contribution is -0.0566. The van der Waals surface area contributed by atoms with Crippen LogP contribution in [0.2, 0.25) is 0 Å². The summed E-state index contributed by atoms with van der Waals surface area (Å²) in [4.78, 5) is 34.9. The minimum absolute atomic E-state index is 0.0472. The predicted molar refractivity (Wildman–Crippen MR) is 149 cm³/mol. The number of rotatable bonds is 2. The van der Waals surface area contributed by atoms with Crippen LogP contribution >= 0.6 is 14.2 Å². The fourth-order valence-electron chi connectivity index (χ4n) is 5.20. The van der Waals surface area contributed by atoms with Gasteiger partial charge in [0.15, 0.2) is 47.7 Å². The maximum atomic E-state index is 16.0. The SMILES string of the molecule is [B-]P1(=O)OC[C@H]2O[C@@H](n3cnc4c(N)ncnc43)[C@H](F)[C@@H]2OP(O)(=S)OC[C@H]2O[C@@H](n3cnc4c(N)ncnc43)[C@H](F)[C@@H]2O1. The zero-order valence-corrected chi connectivity index (χ0v) is 24.6. The molecule has 4 aromatic heterocycles. The van der Waals surface area contributed by atoms with Crippen molar-refractivity contribution in [3.05, 3.63) is 25.3 Å². The van der Waals surface area contributed by atoms with Gasteiger partial charge in [0.2, 0.25) is 0 Å². The van der Waals surface area contributed by atoms with Gasteiger partial charge in [-0.05, 0) is 11.8 Å². The first-order chi connectivity index (χ1) is 20.9. The Morgan fingerprint density at radius 1 is 0.841 bits per heavy atom. The molecule has 18 nitrogen and oxygen atoms in total. The molecule has 3 fully saturated rings. The lowest BCUT2D eigenvalue weighted by atomic mass is 10.1. The average molecular weight is 672 g/mol. The molecule has 7 heterocycles. The van der Waals surface area contributed by atoms with Crippen molar-refractivity contribution in [2.45, 2.75) is 49.2 Å². The number of nitrogens with two attached hydrogens (primary N) is 2. The Hall–Kier alpha value is -2.78. The van der Waals surface area contributed by atoms with Gasteiger partial charge in [-0.2, -0.15) is 0 Å². The topological polar surface area (TPSA) is 232 Å². The Morgan fingerprint density at radius 3 is 1.84 bits per heavy atom. The van der Waals surface area contributed by atoms with Crippen LogP contribution in [0, 0.1) is 0 Å². The van der Waals surface area contributed by atoms with E-state index in [0.29, 0.717) is 0 Å².